The standard InChI is InChI=1S/C21H18ClN3O2S2/c22-20-18(13-19-28-11-4-12-29-19)24(14-15-5-2-1-3-6-15)21(23-20)16-7-9-17(10-8-16)25(26)27/h1-3,5-10,13H,4,11-12,14H2. The maximum Gasteiger partial charge on any atom is 0.269 e. The van der Waals surface area contributed by atoms with E-state index in [0.717, 1.165) is 28.3 Å². The second-order valence-corrected chi connectivity index (χ2v) is 9.39. The lowest BCUT2D eigenvalue weighted by atomic mass is 10.1. The van der Waals surface area contributed by atoms with Crippen molar-refractivity contribution < 1.29 is 4.92 Å². The summed E-state index contributed by atoms with van der Waals surface area (Å²) in [5, 5.41) is 11.4. The average Bonchev–Trinajstić information content (AvgIpc) is 3.05. The molecular formula is C21H18ClN3O2S2. The Morgan fingerprint density at radius 3 is 2.45 bits per heavy atom. The van der Waals surface area contributed by atoms with E-state index in [1.165, 1.54) is 22.8 Å². The van der Waals surface area contributed by atoms with Crippen LogP contribution in [-0.2, 0) is 6.54 Å². The number of hydrogen-bond acceptors (Lipinski definition) is 5. The molecule has 2 heterocycles. The van der Waals surface area contributed by atoms with Gasteiger partial charge < -0.3 is 4.57 Å². The van der Waals surface area contributed by atoms with Crippen LogP contribution in [0.25, 0.3) is 17.5 Å². The van der Waals surface area contributed by atoms with Gasteiger partial charge in [0.05, 0.1) is 10.6 Å². The number of non-ortho nitro benzene ring substituents is 1. The van der Waals surface area contributed by atoms with Crippen LogP contribution in [0.4, 0.5) is 5.69 Å². The number of rotatable bonds is 5. The van der Waals surface area contributed by atoms with E-state index in [9.17, 15) is 10.1 Å². The molecule has 1 fully saturated rings. The van der Waals surface area contributed by atoms with Crippen LogP contribution in [-0.4, -0.2) is 26.0 Å². The van der Waals surface area contributed by atoms with Crippen LogP contribution >= 0.6 is 35.1 Å². The number of hydrogen-bond donors (Lipinski definition) is 0. The number of imidazole rings is 1. The zero-order valence-electron chi connectivity index (χ0n) is 15.5. The van der Waals surface area contributed by atoms with Gasteiger partial charge in [0.1, 0.15) is 5.82 Å². The lowest BCUT2D eigenvalue weighted by Gasteiger charge is -2.14. The normalized spacial score (nSPS) is 14.0. The number of aromatic nitrogens is 2. The Morgan fingerprint density at radius 1 is 1.10 bits per heavy atom. The molecule has 1 saturated heterocycles. The van der Waals surface area contributed by atoms with Crippen molar-refractivity contribution in [1.82, 2.24) is 9.55 Å². The third-order valence-electron chi connectivity index (χ3n) is 4.51. The number of nitro benzene ring substituents is 1. The predicted molar refractivity (Wildman–Crippen MR) is 122 cm³/mol. The van der Waals surface area contributed by atoms with Crippen molar-refractivity contribution in [3.8, 4) is 11.4 Å². The minimum atomic E-state index is -0.402. The summed E-state index contributed by atoms with van der Waals surface area (Å²) in [6.45, 7) is 0.612. The molecule has 148 valence electrons. The van der Waals surface area contributed by atoms with E-state index in [4.69, 9.17) is 11.6 Å². The quantitative estimate of drug-likeness (QED) is 0.340. The summed E-state index contributed by atoms with van der Waals surface area (Å²) >= 11 is 10.2. The number of benzene rings is 2. The molecule has 0 radical (unpaired) electrons. The molecular weight excluding hydrogens is 426 g/mol. The molecule has 4 rings (SSSR count). The number of halogens is 1. The molecule has 3 aromatic rings. The van der Waals surface area contributed by atoms with E-state index in [2.05, 4.69) is 27.8 Å². The van der Waals surface area contributed by atoms with Gasteiger partial charge in [0.15, 0.2) is 5.15 Å². The van der Waals surface area contributed by atoms with Crippen LogP contribution in [0.15, 0.2) is 58.8 Å². The Kier molecular flexibility index (Phi) is 6.28. The number of nitrogens with zero attached hydrogens (tertiary/aromatic N) is 3. The molecule has 1 aromatic heterocycles. The summed E-state index contributed by atoms with van der Waals surface area (Å²) in [5.74, 6) is 2.92. The second kappa shape index (κ2) is 9.07. The summed E-state index contributed by atoms with van der Waals surface area (Å²) in [6.07, 6.45) is 3.32. The molecule has 5 nitrogen and oxygen atoms in total. The Hall–Kier alpha value is -2.22. The van der Waals surface area contributed by atoms with Crippen LogP contribution in [0, 0.1) is 10.1 Å². The maximum atomic E-state index is 11.0. The molecule has 1 aliphatic rings. The zero-order chi connectivity index (χ0) is 20.2. The average molecular weight is 444 g/mol. The highest BCUT2D eigenvalue weighted by Gasteiger charge is 2.19. The first kappa shape index (κ1) is 20.1. The number of thioether (sulfide) groups is 2. The Bertz CT molecular complexity index is 1040. The van der Waals surface area contributed by atoms with Crippen molar-refractivity contribution in [2.24, 2.45) is 0 Å². The molecule has 1 aliphatic heterocycles. The third kappa shape index (κ3) is 4.69. The Balaban J connectivity index is 1.79. The highest BCUT2D eigenvalue weighted by Crippen LogP contribution is 2.38. The second-order valence-electron chi connectivity index (χ2n) is 6.50. The Labute approximate surface area is 182 Å². The van der Waals surface area contributed by atoms with Gasteiger partial charge in [0, 0.05) is 28.5 Å². The van der Waals surface area contributed by atoms with Crippen molar-refractivity contribution in [2.75, 3.05) is 11.5 Å². The molecule has 0 amide bonds. The van der Waals surface area contributed by atoms with E-state index in [0.29, 0.717) is 17.5 Å². The topological polar surface area (TPSA) is 61.0 Å². The van der Waals surface area contributed by atoms with Gasteiger partial charge in [0.25, 0.3) is 5.69 Å². The van der Waals surface area contributed by atoms with Crippen LogP contribution in [0.1, 0.15) is 17.7 Å². The first-order valence-corrected chi connectivity index (χ1v) is 11.5. The minimum absolute atomic E-state index is 0.0540. The summed E-state index contributed by atoms with van der Waals surface area (Å²) in [4.78, 5) is 15.2. The lowest BCUT2D eigenvalue weighted by Crippen LogP contribution is -2.05. The molecule has 0 bridgehead atoms. The van der Waals surface area contributed by atoms with Gasteiger partial charge in [-0.2, -0.15) is 0 Å². The molecule has 0 unspecified atom stereocenters. The molecule has 29 heavy (non-hydrogen) atoms. The van der Waals surface area contributed by atoms with Gasteiger partial charge in [-0.3, -0.25) is 10.1 Å². The van der Waals surface area contributed by atoms with Crippen LogP contribution in [0.2, 0.25) is 5.15 Å². The van der Waals surface area contributed by atoms with Gasteiger partial charge >= 0.3 is 0 Å². The van der Waals surface area contributed by atoms with Crippen molar-refractivity contribution in [3.63, 3.8) is 0 Å². The fraction of sp³-hybridized carbons (Fsp3) is 0.190. The lowest BCUT2D eigenvalue weighted by molar-refractivity contribution is -0.384. The smallest absolute Gasteiger partial charge is 0.269 e. The van der Waals surface area contributed by atoms with Gasteiger partial charge in [-0.1, -0.05) is 41.9 Å². The zero-order valence-corrected chi connectivity index (χ0v) is 17.8. The predicted octanol–water partition coefficient (Wildman–Crippen LogP) is 6.33. The summed E-state index contributed by atoms with van der Waals surface area (Å²) in [6, 6.07) is 16.6. The molecule has 0 N–H and O–H groups in total. The molecule has 8 heteroatoms. The van der Waals surface area contributed by atoms with Crippen molar-refractivity contribution in [2.45, 2.75) is 13.0 Å². The highest BCUT2D eigenvalue weighted by molar-refractivity contribution is 8.23. The molecule has 0 saturated carbocycles. The summed E-state index contributed by atoms with van der Waals surface area (Å²) in [7, 11) is 0. The SMILES string of the molecule is O=[N+]([O-])c1ccc(-c2nc(Cl)c(C=C3SCCCS3)n2Cc2ccccc2)cc1. The number of nitro groups is 1. The van der Waals surface area contributed by atoms with E-state index in [1.54, 1.807) is 12.1 Å². The van der Waals surface area contributed by atoms with Crippen molar-refractivity contribution >= 4 is 46.9 Å². The van der Waals surface area contributed by atoms with Crippen molar-refractivity contribution in [3.05, 3.63) is 85.4 Å². The maximum absolute atomic E-state index is 11.0. The minimum Gasteiger partial charge on any atom is -0.319 e. The first-order valence-electron chi connectivity index (χ1n) is 9.14. The van der Waals surface area contributed by atoms with Crippen LogP contribution in [0.5, 0.6) is 0 Å². The third-order valence-corrected chi connectivity index (χ3v) is 7.29. The van der Waals surface area contributed by atoms with Gasteiger partial charge in [0.2, 0.25) is 0 Å². The fourth-order valence-electron chi connectivity index (χ4n) is 3.09. The molecule has 0 spiro atoms. The van der Waals surface area contributed by atoms with Crippen molar-refractivity contribution in [1.29, 1.82) is 0 Å². The van der Waals surface area contributed by atoms with Crippen LogP contribution < -0.4 is 0 Å². The van der Waals surface area contributed by atoms with Gasteiger partial charge in [-0.25, -0.2) is 4.98 Å². The molecule has 0 atom stereocenters. The molecule has 2 aromatic carbocycles. The summed E-state index contributed by atoms with van der Waals surface area (Å²) in [5.41, 5.74) is 2.84. The summed E-state index contributed by atoms with van der Waals surface area (Å²) < 4.78 is 3.32. The largest absolute Gasteiger partial charge is 0.319 e. The van der Waals surface area contributed by atoms with E-state index < -0.39 is 4.92 Å². The van der Waals surface area contributed by atoms with E-state index in [1.807, 2.05) is 41.7 Å². The fourth-order valence-corrected chi connectivity index (χ4v) is 5.72. The molecule has 0 aliphatic carbocycles. The van der Waals surface area contributed by atoms with Crippen LogP contribution in [0.3, 0.4) is 0 Å². The van der Waals surface area contributed by atoms with Gasteiger partial charge in [-0.15, -0.1) is 23.5 Å². The monoisotopic (exact) mass is 443 g/mol. The van der Waals surface area contributed by atoms with E-state index in [-0.39, 0.29) is 5.69 Å². The van der Waals surface area contributed by atoms with Gasteiger partial charge in [-0.05, 0) is 41.7 Å². The van der Waals surface area contributed by atoms with E-state index >= 15 is 0 Å². The first-order chi connectivity index (χ1) is 14.1. The Morgan fingerprint density at radius 2 is 1.79 bits per heavy atom. The highest BCUT2D eigenvalue weighted by atomic mass is 35.5.